The van der Waals surface area contributed by atoms with Crippen molar-refractivity contribution in [2.24, 2.45) is 4.99 Å². The Kier molecular flexibility index (Phi) is 4.29. The van der Waals surface area contributed by atoms with E-state index in [4.69, 9.17) is 4.99 Å². The number of aryl methyl sites for hydroxylation is 2. The molecule has 3 nitrogen and oxygen atoms in total. The van der Waals surface area contributed by atoms with Gasteiger partial charge < -0.3 is 0 Å². The maximum Gasteiger partial charge on any atom is 0.259 e. The van der Waals surface area contributed by atoms with Gasteiger partial charge in [-0.1, -0.05) is 48.2 Å². The highest BCUT2D eigenvalue weighted by molar-refractivity contribution is 8.14. The van der Waals surface area contributed by atoms with E-state index in [0.717, 1.165) is 27.7 Å². The summed E-state index contributed by atoms with van der Waals surface area (Å²) in [6, 6.07) is 15.5. The van der Waals surface area contributed by atoms with Gasteiger partial charge >= 0.3 is 0 Å². The topological polar surface area (TPSA) is 32.7 Å². The molecule has 0 aliphatic carbocycles. The van der Waals surface area contributed by atoms with Crippen molar-refractivity contribution < 1.29 is 4.79 Å². The summed E-state index contributed by atoms with van der Waals surface area (Å²) in [5.74, 6) is 0.915. The van der Waals surface area contributed by atoms with Crippen LogP contribution in [0.4, 0.5) is 5.69 Å². The number of rotatable bonds is 2. The molecule has 22 heavy (non-hydrogen) atoms. The number of amides is 1. The first-order valence-electron chi connectivity index (χ1n) is 7.31. The van der Waals surface area contributed by atoms with Gasteiger partial charge in [0.2, 0.25) is 0 Å². The van der Waals surface area contributed by atoms with E-state index in [0.29, 0.717) is 12.1 Å². The number of para-hydroxylation sites is 1. The third kappa shape index (κ3) is 2.92. The second-order valence-electron chi connectivity index (χ2n) is 5.31. The van der Waals surface area contributed by atoms with Crippen molar-refractivity contribution in [1.82, 2.24) is 4.90 Å². The van der Waals surface area contributed by atoms with Gasteiger partial charge in [-0.15, -0.1) is 0 Å². The van der Waals surface area contributed by atoms with Gasteiger partial charge in [0, 0.05) is 17.9 Å². The van der Waals surface area contributed by atoms with Crippen LogP contribution in [0.3, 0.4) is 0 Å². The first kappa shape index (κ1) is 14.9. The lowest BCUT2D eigenvalue weighted by Crippen LogP contribution is -2.31. The zero-order chi connectivity index (χ0) is 15.5. The van der Waals surface area contributed by atoms with Gasteiger partial charge in [0.25, 0.3) is 5.91 Å². The van der Waals surface area contributed by atoms with E-state index < -0.39 is 0 Å². The van der Waals surface area contributed by atoms with Crippen molar-refractivity contribution in [2.45, 2.75) is 13.8 Å². The van der Waals surface area contributed by atoms with Crippen LogP contribution >= 0.6 is 11.8 Å². The van der Waals surface area contributed by atoms with Crippen molar-refractivity contribution in [3.05, 3.63) is 65.2 Å². The molecule has 1 amide bonds. The summed E-state index contributed by atoms with van der Waals surface area (Å²) in [5.41, 5.74) is 3.94. The first-order valence-corrected chi connectivity index (χ1v) is 8.30. The minimum absolute atomic E-state index is 0.0237. The monoisotopic (exact) mass is 310 g/mol. The molecular formula is C18H18N2OS. The third-order valence-corrected chi connectivity index (χ3v) is 4.65. The Morgan fingerprint density at radius 1 is 1.05 bits per heavy atom. The maximum absolute atomic E-state index is 12.6. The molecule has 0 unspecified atom stereocenters. The van der Waals surface area contributed by atoms with Crippen LogP contribution in [0.15, 0.2) is 53.5 Å². The van der Waals surface area contributed by atoms with Crippen molar-refractivity contribution in [1.29, 1.82) is 0 Å². The lowest BCUT2D eigenvalue weighted by Gasteiger charge is -2.16. The average molecular weight is 310 g/mol. The van der Waals surface area contributed by atoms with Crippen LogP contribution in [0.25, 0.3) is 0 Å². The number of benzene rings is 2. The molecule has 1 heterocycles. The highest BCUT2D eigenvalue weighted by Crippen LogP contribution is 2.28. The maximum atomic E-state index is 12.6. The number of carbonyl (C=O) groups is 1. The number of hydrogen-bond donors (Lipinski definition) is 0. The SMILES string of the molecule is Cc1cccc(C)c1N=C1SCCN1C(=O)c1ccccc1. The molecule has 0 bridgehead atoms. The molecule has 0 N–H and O–H groups in total. The summed E-state index contributed by atoms with van der Waals surface area (Å²) in [5, 5.41) is 0.797. The fraction of sp³-hybridized carbons (Fsp3) is 0.222. The molecule has 1 aliphatic heterocycles. The van der Waals surface area contributed by atoms with Crippen molar-refractivity contribution in [2.75, 3.05) is 12.3 Å². The van der Waals surface area contributed by atoms with E-state index in [-0.39, 0.29) is 5.91 Å². The summed E-state index contributed by atoms with van der Waals surface area (Å²) < 4.78 is 0. The van der Waals surface area contributed by atoms with Gasteiger partial charge in [-0.25, -0.2) is 4.99 Å². The van der Waals surface area contributed by atoms with Crippen LogP contribution < -0.4 is 0 Å². The normalized spacial score (nSPS) is 16.3. The van der Waals surface area contributed by atoms with Crippen LogP contribution in [-0.2, 0) is 0 Å². The predicted molar refractivity (Wildman–Crippen MR) is 92.9 cm³/mol. The number of aliphatic imine (C=N–C) groups is 1. The minimum Gasteiger partial charge on any atom is -0.286 e. The number of nitrogens with zero attached hydrogens (tertiary/aromatic N) is 2. The Balaban J connectivity index is 1.94. The van der Waals surface area contributed by atoms with Gasteiger partial charge in [-0.3, -0.25) is 9.69 Å². The molecule has 4 heteroatoms. The van der Waals surface area contributed by atoms with Crippen LogP contribution in [0.1, 0.15) is 21.5 Å². The fourth-order valence-electron chi connectivity index (χ4n) is 2.50. The lowest BCUT2D eigenvalue weighted by atomic mass is 10.1. The van der Waals surface area contributed by atoms with Crippen LogP contribution in [0.5, 0.6) is 0 Å². The Bertz CT molecular complexity index is 705. The molecule has 0 atom stereocenters. The first-order chi connectivity index (χ1) is 10.7. The summed E-state index contributed by atoms with van der Waals surface area (Å²) in [7, 11) is 0. The number of thioether (sulfide) groups is 1. The van der Waals surface area contributed by atoms with Gasteiger partial charge in [0.15, 0.2) is 5.17 Å². The number of amidine groups is 1. The van der Waals surface area contributed by atoms with E-state index in [9.17, 15) is 4.79 Å². The second-order valence-corrected chi connectivity index (χ2v) is 6.37. The predicted octanol–water partition coefficient (Wildman–Crippen LogP) is 4.18. The molecule has 2 aromatic rings. The quantitative estimate of drug-likeness (QED) is 0.833. The smallest absolute Gasteiger partial charge is 0.259 e. The van der Waals surface area contributed by atoms with Crippen molar-refractivity contribution in [3.8, 4) is 0 Å². The van der Waals surface area contributed by atoms with Crippen molar-refractivity contribution >= 4 is 28.5 Å². The molecule has 1 aliphatic rings. The van der Waals surface area contributed by atoms with E-state index in [2.05, 4.69) is 26.0 Å². The molecule has 1 fully saturated rings. The van der Waals surface area contributed by atoms with Crippen LogP contribution in [0, 0.1) is 13.8 Å². The van der Waals surface area contributed by atoms with Gasteiger partial charge in [-0.2, -0.15) is 0 Å². The Morgan fingerprint density at radius 2 is 1.73 bits per heavy atom. The number of hydrogen-bond acceptors (Lipinski definition) is 3. The zero-order valence-corrected chi connectivity index (χ0v) is 13.6. The standard InChI is InChI=1S/C18H18N2OS/c1-13-7-6-8-14(2)16(13)19-18-20(11-12-22-18)17(21)15-9-4-3-5-10-15/h3-10H,11-12H2,1-2H3. The van der Waals surface area contributed by atoms with Gasteiger partial charge in [-0.05, 0) is 37.1 Å². The molecule has 3 rings (SSSR count). The highest BCUT2D eigenvalue weighted by atomic mass is 32.2. The third-order valence-electron chi connectivity index (χ3n) is 3.69. The van der Waals surface area contributed by atoms with Crippen LogP contribution in [0.2, 0.25) is 0 Å². The molecule has 0 radical (unpaired) electrons. The van der Waals surface area contributed by atoms with Crippen molar-refractivity contribution in [3.63, 3.8) is 0 Å². The van der Waals surface area contributed by atoms with E-state index in [1.54, 1.807) is 16.7 Å². The fourth-order valence-corrected chi connectivity index (χ4v) is 3.44. The highest BCUT2D eigenvalue weighted by Gasteiger charge is 2.26. The number of carbonyl (C=O) groups excluding carboxylic acids is 1. The molecule has 1 saturated heterocycles. The molecular weight excluding hydrogens is 292 g/mol. The summed E-state index contributed by atoms with van der Waals surface area (Å²) >= 11 is 1.64. The summed E-state index contributed by atoms with van der Waals surface area (Å²) in [6.45, 7) is 4.81. The molecule has 112 valence electrons. The van der Waals surface area contributed by atoms with E-state index in [1.165, 1.54) is 0 Å². The molecule has 0 spiro atoms. The minimum atomic E-state index is 0.0237. The zero-order valence-electron chi connectivity index (χ0n) is 12.7. The Morgan fingerprint density at radius 3 is 2.41 bits per heavy atom. The van der Waals surface area contributed by atoms with E-state index in [1.807, 2.05) is 36.4 Å². The molecule has 2 aromatic carbocycles. The van der Waals surface area contributed by atoms with Gasteiger partial charge in [0.1, 0.15) is 0 Å². The Labute approximate surface area is 135 Å². The van der Waals surface area contributed by atoms with Crippen LogP contribution in [-0.4, -0.2) is 28.3 Å². The van der Waals surface area contributed by atoms with Gasteiger partial charge in [0.05, 0.1) is 5.69 Å². The Hall–Kier alpha value is -2.07. The van der Waals surface area contributed by atoms with E-state index >= 15 is 0 Å². The molecule has 0 saturated carbocycles. The summed E-state index contributed by atoms with van der Waals surface area (Å²) in [4.78, 5) is 19.2. The largest absolute Gasteiger partial charge is 0.286 e. The lowest BCUT2D eigenvalue weighted by molar-refractivity contribution is 0.0859. The summed E-state index contributed by atoms with van der Waals surface area (Å²) in [6.07, 6.45) is 0. The average Bonchev–Trinajstić information content (AvgIpc) is 2.99. The molecule has 0 aromatic heterocycles. The second kappa shape index (κ2) is 6.36.